The van der Waals surface area contributed by atoms with Crippen LogP contribution in [0.4, 0.5) is 0 Å². The van der Waals surface area contributed by atoms with E-state index in [0.29, 0.717) is 25.2 Å². The minimum atomic E-state index is -0.644. The normalized spacial score (nSPS) is 14.7. The van der Waals surface area contributed by atoms with Gasteiger partial charge in [-0.3, -0.25) is 14.6 Å². The molecule has 1 saturated heterocycles. The Morgan fingerprint density at radius 1 is 1.11 bits per heavy atom. The van der Waals surface area contributed by atoms with Gasteiger partial charge in [0.05, 0.1) is 5.56 Å². The average molecular weight is 371 g/mol. The van der Waals surface area contributed by atoms with E-state index in [0.717, 1.165) is 25.0 Å². The van der Waals surface area contributed by atoms with Gasteiger partial charge in [-0.15, -0.1) is 0 Å². The molecule has 0 spiro atoms. The molecule has 1 aliphatic rings. The Kier molecular flexibility index (Phi) is 5.44. The number of hydrogen-bond donors (Lipinski definition) is 4. The molecule has 2 aromatic rings. The first-order valence-corrected chi connectivity index (χ1v) is 8.68. The number of benzene rings is 1. The molecule has 0 saturated carbocycles. The summed E-state index contributed by atoms with van der Waals surface area (Å²) in [6.07, 6.45) is 4.58. The van der Waals surface area contributed by atoms with Gasteiger partial charge in [-0.1, -0.05) is 0 Å². The molecule has 1 aromatic heterocycles. The summed E-state index contributed by atoms with van der Waals surface area (Å²) in [5, 5.41) is 31.4. The fourth-order valence-electron chi connectivity index (χ4n) is 3.09. The molecule has 8 nitrogen and oxygen atoms in total. The lowest BCUT2D eigenvalue weighted by Crippen LogP contribution is -2.41. The first-order chi connectivity index (χ1) is 13.0. The maximum Gasteiger partial charge on any atom is 0.254 e. The average Bonchev–Trinajstić information content (AvgIpc) is 2.70. The Balaban J connectivity index is 1.51. The number of pyridine rings is 1. The van der Waals surface area contributed by atoms with Crippen LogP contribution >= 0.6 is 0 Å². The van der Waals surface area contributed by atoms with Crippen LogP contribution in [0.15, 0.2) is 36.7 Å². The topological polar surface area (TPSA) is 123 Å². The second-order valence-electron chi connectivity index (χ2n) is 6.55. The SMILES string of the molecule is O=C(NCC1CCN(C(=O)c2cc(O)c(O)c(O)c2)CC1)c1cccnc1. The quantitative estimate of drug-likeness (QED) is 0.604. The van der Waals surface area contributed by atoms with E-state index >= 15 is 0 Å². The van der Waals surface area contributed by atoms with E-state index in [-0.39, 0.29) is 23.3 Å². The third-order valence-electron chi connectivity index (χ3n) is 4.69. The van der Waals surface area contributed by atoms with E-state index in [4.69, 9.17) is 0 Å². The Hall–Kier alpha value is -3.29. The van der Waals surface area contributed by atoms with Gasteiger partial charge in [-0.25, -0.2) is 0 Å². The zero-order valence-corrected chi connectivity index (χ0v) is 14.6. The van der Waals surface area contributed by atoms with Crippen molar-refractivity contribution in [3.63, 3.8) is 0 Å². The van der Waals surface area contributed by atoms with Crippen molar-refractivity contribution >= 4 is 11.8 Å². The van der Waals surface area contributed by atoms with Crippen molar-refractivity contribution in [2.45, 2.75) is 12.8 Å². The number of nitrogens with one attached hydrogen (secondary N) is 1. The molecule has 0 aliphatic carbocycles. The number of amides is 2. The minimum absolute atomic E-state index is 0.117. The number of aromatic hydroxyl groups is 3. The maximum absolute atomic E-state index is 12.5. The summed E-state index contributed by atoms with van der Waals surface area (Å²) in [4.78, 5) is 30.1. The molecular weight excluding hydrogens is 350 g/mol. The smallest absolute Gasteiger partial charge is 0.254 e. The monoisotopic (exact) mass is 371 g/mol. The maximum atomic E-state index is 12.5. The molecule has 0 radical (unpaired) electrons. The van der Waals surface area contributed by atoms with E-state index in [1.54, 1.807) is 23.2 Å². The molecule has 1 aromatic carbocycles. The van der Waals surface area contributed by atoms with Gasteiger partial charge in [-0.05, 0) is 43.0 Å². The standard InChI is InChI=1S/C19H21N3O5/c23-15-8-14(9-16(24)17(15)25)19(27)22-6-3-12(4-7-22)10-21-18(26)13-2-1-5-20-11-13/h1-2,5,8-9,11-12,23-25H,3-4,6-7,10H2,(H,21,26). The highest BCUT2D eigenvalue weighted by molar-refractivity contribution is 5.95. The largest absolute Gasteiger partial charge is 0.504 e. The Morgan fingerprint density at radius 3 is 2.37 bits per heavy atom. The van der Waals surface area contributed by atoms with Crippen LogP contribution in [0, 0.1) is 5.92 Å². The van der Waals surface area contributed by atoms with E-state index in [2.05, 4.69) is 10.3 Å². The van der Waals surface area contributed by atoms with Crippen LogP contribution in [0.2, 0.25) is 0 Å². The number of carbonyl (C=O) groups is 2. The van der Waals surface area contributed by atoms with E-state index in [1.807, 2.05) is 0 Å². The van der Waals surface area contributed by atoms with Gasteiger partial charge in [0, 0.05) is 37.6 Å². The number of carbonyl (C=O) groups excluding carboxylic acids is 2. The molecule has 3 rings (SSSR count). The van der Waals surface area contributed by atoms with Crippen molar-refractivity contribution in [3.05, 3.63) is 47.8 Å². The lowest BCUT2D eigenvalue weighted by atomic mass is 9.96. The summed E-state index contributed by atoms with van der Waals surface area (Å²) in [6, 6.07) is 5.68. The number of piperidine rings is 1. The molecule has 8 heteroatoms. The molecule has 0 bridgehead atoms. The zero-order valence-electron chi connectivity index (χ0n) is 14.6. The second kappa shape index (κ2) is 7.94. The predicted octanol–water partition coefficient (Wildman–Crippen LogP) is 1.48. The van der Waals surface area contributed by atoms with Crippen LogP contribution in [-0.2, 0) is 0 Å². The van der Waals surface area contributed by atoms with E-state index < -0.39 is 17.2 Å². The molecule has 142 valence electrons. The van der Waals surface area contributed by atoms with Crippen LogP contribution in [0.25, 0.3) is 0 Å². The third kappa shape index (κ3) is 4.28. The molecule has 0 unspecified atom stereocenters. The highest BCUT2D eigenvalue weighted by Gasteiger charge is 2.25. The number of phenolic OH excluding ortho intramolecular Hbond substituents is 3. The van der Waals surface area contributed by atoms with Crippen LogP contribution in [-0.4, -0.2) is 56.7 Å². The summed E-state index contributed by atoms with van der Waals surface area (Å²) in [6.45, 7) is 1.54. The number of hydrogen-bond acceptors (Lipinski definition) is 6. The second-order valence-corrected chi connectivity index (χ2v) is 6.55. The summed E-state index contributed by atoms with van der Waals surface area (Å²) < 4.78 is 0. The van der Waals surface area contributed by atoms with Crippen LogP contribution in [0.3, 0.4) is 0 Å². The Bertz CT molecular complexity index is 809. The first-order valence-electron chi connectivity index (χ1n) is 8.68. The number of nitrogens with zero attached hydrogens (tertiary/aromatic N) is 2. The Labute approximate surface area is 156 Å². The molecule has 2 heterocycles. The molecule has 1 aliphatic heterocycles. The molecular formula is C19H21N3O5. The molecule has 27 heavy (non-hydrogen) atoms. The summed E-state index contributed by atoms with van der Waals surface area (Å²) >= 11 is 0. The number of phenols is 3. The first kappa shape index (κ1) is 18.5. The van der Waals surface area contributed by atoms with Crippen LogP contribution < -0.4 is 5.32 Å². The molecule has 4 N–H and O–H groups in total. The molecule has 0 atom stereocenters. The summed E-state index contributed by atoms with van der Waals surface area (Å²) in [5.74, 6) is -1.95. The summed E-state index contributed by atoms with van der Waals surface area (Å²) in [5.41, 5.74) is 0.628. The third-order valence-corrected chi connectivity index (χ3v) is 4.69. The summed E-state index contributed by atoms with van der Waals surface area (Å²) in [7, 11) is 0. The Morgan fingerprint density at radius 2 is 1.78 bits per heavy atom. The van der Waals surface area contributed by atoms with Crippen LogP contribution in [0.1, 0.15) is 33.6 Å². The van der Waals surface area contributed by atoms with Crippen molar-refractivity contribution in [1.29, 1.82) is 0 Å². The van der Waals surface area contributed by atoms with E-state index in [1.165, 1.54) is 6.20 Å². The van der Waals surface area contributed by atoms with Crippen molar-refractivity contribution < 1.29 is 24.9 Å². The van der Waals surface area contributed by atoms with Gasteiger partial charge >= 0.3 is 0 Å². The van der Waals surface area contributed by atoms with Gasteiger partial charge < -0.3 is 25.5 Å². The minimum Gasteiger partial charge on any atom is -0.504 e. The lowest BCUT2D eigenvalue weighted by Gasteiger charge is -2.32. The number of rotatable bonds is 4. The van der Waals surface area contributed by atoms with Gasteiger partial charge in [0.1, 0.15) is 0 Å². The number of aromatic nitrogens is 1. The van der Waals surface area contributed by atoms with Gasteiger partial charge in [-0.2, -0.15) is 0 Å². The fourth-order valence-corrected chi connectivity index (χ4v) is 3.09. The van der Waals surface area contributed by atoms with Crippen molar-refractivity contribution in [2.75, 3.05) is 19.6 Å². The van der Waals surface area contributed by atoms with E-state index in [9.17, 15) is 24.9 Å². The highest BCUT2D eigenvalue weighted by Crippen LogP contribution is 2.36. The van der Waals surface area contributed by atoms with Gasteiger partial charge in [0.2, 0.25) is 0 Å². The predicted molar refractivity (Wildman–Crippen MR) is 96.6 cm³/mol. The lowest BCUT2D eigenvalue weighted by molar-refractivity contribution is 0.0683. The molecule has 1 fully saturated rings. The zero-order chi connectivity index (χ0) is 19.4. The van der Waals surface area contributed by atoms with Gasteiger partial charge in [0.15, 0.2) is 17.2 Å². The van der Waals surface area contributed by atoms with Gasteiger partial charge in [0.25, 0.3) is 11.8 Å². The van der Waals surface area contributed by atoms with Crippen LogP contribution in [0.5, 0.6) is 17.2 Å². The highest BCUT2D eigenvalue weighted by atomic mass is 16.3. The van der Waals surface area contributed by atoms with Crippen molar-refractivity contribution in [3.8, 4) is 17.2 Å². The van der Waals surface area contributed by atoms with Crippen molar-refractivity contribution in [1.82, 2.24) is 15.2 Å². The van der Waals surface area contributed by atoms with Crippen molar-refractivity contribution in [2.24, 2.45) is 5.92 Å². The fraction of sp³-hybridized carbons (Fsp3) is 0.316. The number of likely N-dealkylation sites (tertiary alicyclic amines) is 1. The molecule has 2 amide bonds.